The molecule has 0 amide bonds. The lowest BCUT2D eigenvalue weighted by molar-refractivity contribution is 0.275. The highest BCUT2D eigenvalue weighted by molar-refractivity contribution is 6.30. The topological polar surface area (TPSA) is 75.1 Å². The summed E-state index contributed by atoms with van der Waals surface area (Å²) in [6.07, 6.45) is 1.04. The minimum absolute atomic E-state index is 0.0567. The van der Waals surface area contributed by atoms with Gasteiger partial charge in [-0.05, 0) is 36.6 Å². The van der Waals surface area contributed by atoms with E-state index >= 15 is 0 Å². The van der Waals surface area contributed by atoms with Crippen LogP contribution in [0.2, 0.25) is 5.02 Å². The first-order chi connectivity index (χ1) is 13.6. The van der Waals surface area contributed by atoms with Crippen LogP contribution < -0.4 is 10.5 Å². The van der Waals surface area contributed by atoms with Crippen LogP contribution in [0.4, 0.5) is 5.88 Å². The van der Waals surface area contributed by atoms with Gasteiger partial charge in [0.25, 0.3) is 5.56 Å². The van der Waals surface area contributed by atoms with Crippen LogP contribution in [-0.2, 0) is 6.54 Å². The summed E-state index contributed by atoms with van der Waals surface area (Å²) in [7, 11) is 0. The molecular weight excluding hydrogens is 376 g/mol. The van der Waals surface area contributed by atoms with Gasteiger partial charge in [0.1, 0.15) is 6.07 Å². The molecule has 0 spiro atoms. The second kappa shape index (κ2) is 6.54. The van der Waals surface area contributed by atoms with Crippen LogP contribution in [0.1, 0.15) is 23.7 Å². The highest BCUT2D eigenvalue weighted by Crippen LogP contribution is 2.39. The van der Waals surface area contributed by atoms with Gasteiger partial charge in [-0.3, -0.25) is 4.79 Å². The van der Waals surface area contributed by atoms with Crippen LogP contribution in [0, 0.1) is 17.2 Å². The lowest BCUT2D eigenvalue weighted by Gasteiger charge is -2.42. The Morgan fingerprint density at radius 2 is 2.04 bits per heavy atom. The van der Waals surface area contributed by atoms with Crippen molar-refractivity contribution < 1.29 is 4.42 Å². The normalized spacial score (nSPS) is 20.5. The fraction of sp³-hybridized carbons (Fsp3) is 0.286. The van der Waals surface area contributed by atoms with Gasteiger partial charge in [-0.2, -0.15) is 10.2 Å². The molecule has 2 aliphatic rings. The zero-order valence-corrected chi connectivity index (χ0v) is 15.8. The van der Waals surface area contributed by atoms with Gasteiger partial charge in [0, 0.05) is 47.9 Å². The lowest BCUT2D eigenvalue weighted by atomic mass is 9.83. The molecule has 0 N–H and O–H groups in total. The molecule has 0 saturated carbocycles. The van der Waals surface area contributed by atoms with Crippen LogP contribution >= 0.6 is 11.6 Å². The molecule has 2 aromatic heterocycles. The van der Waals surface area contributed by atoms with Gasteiger partial charge in [0.15, 0.2) is 0 Å². The van der Waals surface area contributed by atoms with Crippen molar-refractivity contribution in [3.05, 3.63) is 69.2 Å². The van der Waals surface area contributed by atoms with E-state index in [0.717, 1.165) is 24.2 Å². The van der Waals surface area contributed by atoms with E-state index in [1.807, 2.05) is 28.8 Å². The minimum atomic E-state index is 0.0567. The van der Waals surface area contributed by atoms with E-state index in [4.69, 9.17) is 16.0 Å². The number of nitrogens with zero attached hydrogens (tertiary/aromatic N) is 4. The monoisotopic (exact) mass is 392 g/mol. The van der Waals surface area contributed by atoms with E-state index in [1.54, 1.807) is 18.2 Å². The van der Waals surface area contributed by atoms with Gasteiger partial charge >= 0.3 is 0 Å². The van der Waals surface area contributed by atoms with Crippen molar-refractivity contribution in [2.75, 3.05) is 18.0 Å². The summed E-state index contributed by atoms with van der Waals surface area (Å²) in [6.45, 7) is 2.12. The Morgan fingerprint density at radius 3 is 2.86 bits per heavy atom. The lowest BCUT2D eigenvalue weighted by Crippen LogP contribution is -2.47. The largest absolute Gasteiger partial charge is 0.419 e. The third-order valence-corrected chi connectivity index (χ3v) is 5.79. The molecule has 0 aliphatic carbocycles. The predicted octanol–water partition coefficient (Wildman–Crippen LogP) is 3.65. The van der Waals surface area contributed by atoms with Gasteiger partial charge in [-0.25, -0.2) is 0 Å². The molecule has 5 rings (SSSR count). The second-order valence-corrected chi connectivity index (χ2v) is 7.83. The van der Waals surface area contributed by atoms with E-state index in [9.17, 15) is 10.1 Å². The molecule has 28 heavy (non-hydrogen) atoms. The van der Waals surface area contributed by atoms with Crippen LogP contribution in [0.3, 0.4) is 0 Å². The molecule has 4 heterocycles. The number of nitriles is 1. The van der Waals surface area contributed by atoms with Gasteiger partial charge in [-0.1, -0.05) is 23.7 Å². The van der Waals surface area contributed by atoms with Gasteiger partial charge in [-0.15, -0.1) is 0 Å². The molecule has 2 atom stereocenters. The quantitative estimate of drug-likeness (QED) is 0.665. The molecular formula is C21H17ClN4O2. The highest BCUT2D eigenvalue weighted by atomic mass is 35.5. The molecule has 1 aromatic carbocycles. The zero-order chi connectivity index (χ0) is 19.3. The molecule has 0 unspecified atom stereocenters. The Hall–Kier alpha value is -3.04. The van der Waals surface area contributed by atoms with Crippen molar-refractivity contribution in [2.45, 2.75) is 18.9 Å². The summed E-state index contributed by atoms with van der Waals surface area (Å²) < 4.78 is 7.92. The number of hydrogen-bond acceptors (Lipinski definition) is 5. The van der Waals surface area contributed by atoms with Crippen LogP contribution in [0.5, 0.6) is 0 Å². The van der Waals surface area contributed by atoms with Gasteiger partial charge in [0.2, 0.25) is 17.5 Å². The maximum Gasteiger partial charge on any atom is 0.250 e. The maximum atomic E-state index is 12.2. The molecule has 3 aromatic rings. The number of rotatable bonds is 2. The molecule has 2 bridgehead atoms. The van der Waals surface area contributed by atoms with E-state index in [-0.39, 0.29) is 17.2 Å². The van der Waals surface area contributed by atoms with Gasteiger partial charge < -0.3 is 13.9 Å². The summed E-state index contributed by atoms with van der Waals surface area (Å²) in [6, 6.07) is 14.9. The molecule has 2 aliphatic heterocycles. The fourth-order valence-electron chi connectivity index (χ4n) is 4.41. The molecule has 6 nitrogen and oxygen atoms in total. The Labute approximate surface area is 166 Å². The number of hydrogen-bond donors (Lipinski definition) is 0. The number of oxazole rings is 1. The first kappa shape index (κ1) is 17.1. The average molecular weight is 393 g/mol. The first-order valence-corrected chi connectivity index (χ1v) is 9.61. The molecule has 1 saturated heterocycles. The van der Waals surface area contributed by atoms with Crippen molar-refractivity contribution in [1.29, 1.82) is 5.26 Å². The zero-order valence-electron chi connectivity index (χ0n) is 15.0. The number of benzene rings is 1. The maximum absolute atomic E-state index is 12.2. The smallest absolute Gasteiger partial charge is 0.250 e. The number of pyridine rings is 1. The summed E-state index contributed by atoms with van der Waals surface area (Å²) in [5, 5.41) is 10.2. The van der Waals surface area contributed by atoms with E-state index in [1.165, 1.54) is 0 Å². The fourth-order valence-corrected chi connectivity index (χ4v) is 4.60. The number of fused-ring (bicyclic) bond motifs is 4. The number of halogens is 1. The van der Waals surface area contributed by atoms with Crippen molar-refractivity contribution >= 4 is 17.5 Å². The minimum Gasteiger partial charge on any atom is -0.419 e. The average Bonchev–Trinajstić information content (AvgIpc) is 3.13. The van der Waals surface area contributed by atoms with Crippen molar-refractivity contribution in [3.63, 3.8) is 0 Å². The van der Waals surface area contributed by atoms with E-state index < -0.39 is 0 Å². The Morgan fingerprint density at radius 1 is 1.18 bits per heavy atom. The van der Waals surface area contributed by atoms with Crippen LogP contribution in [0.15, 0.2) is 51.7 Å². The summed E-state index contributed by atoms with van der Waals surface area (Å²) in [5.41, 5.74) is 2.13. The summed E-state index contributed by atoms with van der Waals surface area (Å²) in [4.78, 5) is 18.7. The first-order valence-electron chi connectivity index (χ1n) is 9.24. The molecule has 140 valence electrons. The SMILES string of the molecule is N#Cc1nc(-c2cccc(Cl)c2)oc1N1C[C@H]2C[C@@H](C1)c1cccc(=O)n1C2. The third-order valence-electron chi connectivity index (χ3n) is 5.55. The standard InChI is InChI=1S/C21H17ClN4O2/c22-16-4-1-3-14(8-16)20-24-17(9-23)21(28-20)25-10-13-7-15(12-25)18-5-2-6-19(27)26(18)11-13/h1-6,8,13,15H,7,10-12H2/t13-,15+/m1/s1. The number of anilines is 1. The van der Waals surface area contributed by atoms with Crippen LogP contribution in [-0.4, -0.2) is 22.6 Å². The van der Waals surface area contributed by atoms with Crippen molar-refractivity contribution in [1.82, 2.24) is 9.55 Å². The molecule has 0 radical (unpaired) electrons. The Kier molecular flexibility index (Phi) is 3.99. The van der Waals surface area contributed by atoms with Crippen LogP contribution in [0.25, 0.3) is 11.5 Å². The number of aromatic nitrogens is 2. The second-order valence-electron chi connectivity index (χ2n) is 7.40. The van der Waals surface area contributed by atoms with Gasteiger partial charge in [0.05, 0.1) is 0 Å². The summed E-state index contributed by atoms with van der Waals surface area (Å²) >= 11 is 6.08. The van der Waals surface area contributed by atoms with Crippen molar-refractivity contribution in [2.24, 2.45) is 5.92 Å². The Balaban J connectivity index is 1.51. The third kappa shape index (κ3) is 2.79. The molecule has 7 heteroatoms. The Bertz CT molecular complexity index is 1160. The number of piperidine rings is 1. The molecule has 1 fully saturated rings. The highest BCUT2D eigenvalue weighted by Gasteiger charge is 2.36. The van der Waals surface area contributed by atoms with E-state index in [2.05, 4.69) is 16.0 Å². The van der Waals surface area contributed by atoms with E-state index in [0.29, 0.717) is 35.8 Å². The predicted molar refractivity (Wildman–Crippen MR) is 105 cm³/mol. The van der Waals surface area contributed by atoms with Crippen molar-refractivity contribution in [3.8, 4) is 17.5 Å². The summed E-state index contributed by atoms with van der Waals surface area (Å²) in [5.74, 6) is 1.45.